The molecule has 0 amide bonds. The van der Waals surface area contributed by atoms with Crippen LogP contribution in [0, 0.1) is 5.41 Å². The molecule has 0 aliphatic heterocycles. The molecule has 0 N–H and O–H groups in total. The van der Waals surface area contributed by atoms with Crippen LogP contribution in [-0.4, -0.2) is 33.2 Å². The van der Waals surface area contributed by atoms with Crippen LogP contribution < -0.4 is 5.19 Å². The fourth-order valence-electron chi connectivity index (χ4n) is 3.05. The maximum atomic E-state index is 12.5. The summed E-state index contributed by atoms with van der Waals surface area (Å²) in [5, 5.41) is 1.33. The van der Waals surface area contributed by atoms with Gasteiger partial charge in [-0.15, -0.1) is 0 Å². The van der Waals surface area contributed by atoms with E-state index in [1.165, 1.54) is 5.19 Å². The van der Waals surface area contributed by atoms with Crippen LogP contribution in [0.5, 0.6) is 0 Å². The van der Waals surface area contributed by atoms with E-state index in [-0.39, 0.29) is 13.2 Å². The maximum Gasteiger partial charge on any atom is 0.324 e. The van der Waals surface area contributed by atoms with Crippen molar-refractivity contribution in [2.45, 2.75) is 46.3 Å². The molecule has 0 aromatic heterocycles. The predicted octanol–water partition coefficient (Wildman–Crippen LogP) is 2.44. The summed E-state index contributed by atoms with van der Waals surface area (Å²) in [4.78, 5) is 25.0. The largest absolute Gasteiger partial charge is 0.465 e. The lowest BCUT2D eigenvalue weighted by Crippen LogP contribution is -2.43. The van der Waals surface area contributed by atoms with Gasteiger partial charge in [0.05, 0.1) is 21.3 Å². The van der Waals surface area contributed by atoms with Crippen LogP contribution in [-0.2, 0) is 31.9 Å². The Kier molecular flexibility index (Phi) is 4.99. The summed E-state index contributed by atoms with van der Waals surface area (Å²) in [6.07, 6.45) is 0.740. The highest BCUT2D eigenvalue weighted by Crippen LogP contribution is 2.39. The Morgan fingerprint density at radius 3 is 2.00 bits per heavy atom. The van der Waals surface area contributed by atoms with Gasteiger partial charge in [-0.2, -0.15) is 0 Å². The Morgan fingerprint density at radius 1 is 1.00 bits per heavy atom. The molecule has 0 bridgehead atoms. The lowest BCUT2D eigenvalue weighted by Gasteiger charge is -2.24. The number of carbonyl (C=O) groups is 2. The van der Waals surface area contributed by atoms with Crippen LogP contribution in [0.2, 0.25) is 19.6 Å². The molecular weight excluding hydrogens is 308 g/mol. The van der Waals surface area contributed by atoms with E-state index in [1.54, 1.807) is 13.8 Å². The number of esters is 2. The van der Waals surface area contributed by atoms with Gasteiger partial charge in [0, 0.05) is 0 Å². The first kappa shape index (κ1) is 17.7. The monoisotopic (exact) mass is 334 g/mol. The predicted molar refractivity (Wildman–Crippen MR) is 92.5 cm³/mol. The van der Waals surface area contributed by atoms with Gasteiger partial charge in [0.2, 0.25) is 0 Å². The first-order chi connectivity index (χ1) is 10.7. The molecule has 0 unspecified atom stereocenters. The van der Waals surface area contributed by atoms with Crippen molar-refractivity contribution in [1.29, 1.82) is 0 Å². The normalized spacial score (nSPS) is 15.9. The second kappa shape index (κ2) is 6.47. The molecule has 0 saturated heterocycles. The molecule has 126 valence electrons. The molecule has 2 rings (SSSR count). The number of ether oxygens (including phenoxy) is 2. The molecule has 5 heteroatoms. The van der Waals surface area contributed by atoms with Gasteiger partial charge in [-0.05, 0) is 37.8 Å². The number of rotatable bonds is 5. The van der Waals surface area contributed by atoms with Gasteiger partial charge in [-0.1, -0.05) is 43.0 Å². The van der Waals surface area contributed by atoms with E-state index in [1.807, 2.05) is 0 Å². The van der Waals surface area contributed by atoms with Crippen molar-refractivity contribution in [3.63, 3.8) is 0 Å². The van der Waals surface area contributed by atoms with Crippen molar-refractivity contribution in [3.8, 4) is 0 Å². The molecule has 0 fully saturated rings. The van der Waals surface area contributed by atoms with Crippen LogP contribution >= 0.6 is 0 Å². The minimum absolute atomic E-state index is 0.260. The van der Waals surface area contributed by atoms with Gasteiger partial charge in [0.25, 0.3) is 0 Å². The fraction of sp³-hybridized carbons (Fsp3) is 0.556. The lowest BCUT2D eigenvalue weighted by atomic mass is 9.85. The lowest BCUT2D eigenvalue weighted by molar-refractivity contribution is -0.171. The first-order valence-electron chi connectivity index (χ1n) is 8.21. The van der Waals surface area contributed by atoms with Crippen molar-refractivity contribution in [2.75, 3.05) is 13.2 Å². The second-order valence-electron chi connectivity index (χ2n) is 7.11. The maximum absolute atomic E-state index is 12.5. The third-order valence-electron chi connectivity index (χ3n) is 4.39. The van der Waals surface area contributed by atoms with E-state index < -0.39 is 25.4 Å². The molecule has 4 nitrogen and oxygen atoms in total. The minimum Gasteiger partial charge on any atom is -0.465 e. The summed E-state index contributed by atoms with van der Waals surface area (Å²) in [6.45, 7) is 10.9. The van der Waals surface area contributed by atoms with Crippen molar-refractivity contribution in [3.05, 3.63) is 29.3 Å². The highest BCUT2D eigenvalue weighted by Gasteiger charge is 2.53. The molecule has 1 aromatic rings. The van der Waals surface area contributed by atoms with Crippen molar-refractivity contribution >= 4 is 25.2 Å². The Morgan fingerprint density at radius 2 is 1.52 bits per heavy atom. The molecule has 0 atom stereocenters. The summed E-state index contributed by atoms with van der Waals surface area (Å²) in [6, 6.07) is 6.36. The molecule has 0 heterocycles. The van der Waals surface area contributed by atoms with E-state index in [2.05, 4.69) is 37.8 Å². The molecule has 0 saturated carbocycles. The number of hydrogen-bond donors (Lipinski definition) is 0. The summed E-state index contributed by atoms with van der Waals surface area (Å²) in [7, 11) is -1.44. The minimum atomic E-state index is -1.44. The summed E-state index contributed by atoms with van der Waals surface area (Å²) in [5.41, 5.74) is 0.908. The molecule has 23 heavy (non-hydrogen) atoms. The van der Waals surface area contributed by atoms with E-state index in [0.29, 0.717) is 12.8 Å². The van der Waals surface area contributed by atoms with Crippen LogP contribution in [0.3, 0.4) is 0 Å². The smallest absolute Gasteiger partial charge is 0.324 e. The topological polar surface area (TPSA) is 52.6 Å². The molecule has 1 aromatic carbocycles. The number of carbonyl (C=O) groups excluding carboxylic acids is 2. The number of benzene rings is 1. The van der Waals surface area contributed by atoms with E-state index in [0.717, 1.165) is 11.1 Å². The highest BCUT2D eigenvalue weighted by molar-refractivity contribution is 6.88. The van der Waals surface area contributed by atoms with Crippen LogP contribution in [0.15, 0.2) is 18.2 Å². The van der Waals surface area contributed by atoms with Gasteiger partial charge in [-0.25, -0.2) is 0 Å². The van der Waals surface area contributed by atoms with E-state index >= 15 is 0 Å². The Labute approximate surface area is 139 Å². The first-order valence-corrected chi connectivity index (χ1v) is 11.7. The van der Waals surface area contributed by atoms with E-state index in [9.17, 15) is 9.59 Å². The van der Waals surface area contributed by atoms with Crippen LogP contribution in [0.25, 0.3) is 0 Å². The van der Waals surface area contributed by atoms with Crippen LogP contribution in [0.1, 0.15) is 25.0 Å². The average molecular weight is 334 g/mol. The van der Waals surface area contributed by atoms with Gasteiger partial charge in [0.15, 0.2) is 5.41 Å². The van der Waals surface area contributed by atoms with Gasteiger partial charge >= 0.3 is 11.9 Å². The Balaban J connectivity index is 2.40. The average Bonchev–Trinajstić information content (AvgIpc) is 2.86. The highest BCUT2D eigenvalue weighted by atomic mass is 28.3. The van der Waals surface area contributed by atoms with Crippen molar-refractivity contribution in [1.82, 2.24) is 0 Å². The zero-order valence-electron chi connectivity index (χ0n) is 14.7. The van der Waals surface area contributed by atoms with Crippen LogP contribution in [0.4, 0.5) is 0 Å². The molecular formula is C18H26O4Si. The summed E-state index contributed by atoms with van der Waals surface area (Å²) >= 11 is 0. The van der Waals surface area contributed by atoms with E-state index in [4.69, 9.17) is 9.47 Å². The van der Waals surface area contributed by atoms with Gasteiger partial charge in [-0.3, -0.25) is 9.59 Å². The molecule has 0 spiro atoms. The third kappa shape index (κ3) is 3.34. The number of fused-ring (bicyclic) bond motifs is 1. The molecule has 1 aliphatic rings. The Bertz CT molecular complexity index is 598. The molecule has 1 aliphatic carbocycles. The van der Waals surface area contributed by atoms with Gasteiger partial charge < -0.3 is 9.47 Å². The zero-order valence-corrected chi connectivity index (χ0v) is 15.7. The Hall–Kier alpha value is -1.62. The standard InChI is InChI=1S/C18H26O4Si/c1-6-21-16(19)18(17(20)22-7-2)11-13-8-9-15(23(3,4)5)10-14(13)12-18/h8-10H,6-7,11-12H2,1-5H3. The quantitative estimate of drug-likeness (QED) is 0.471. The third-order valence-corrected chi connectivity index (χ3v) is 6.43. The SMILES string of the molecule is CCOC(=O)C1(C(=O)OCC)Cc2ccc([Si](C)(C)C)cc2C1. The summed E-state index contributed by atoms with van der Waals surface area (Å²) < 4.78 is 10.4. The fourth-order valence-corrected chi connectivity index (χ4v) is 4.24. The van der Waals surface area contributed by atoms with Crippen molar-refractivity contribution < 1.29 is 19.1 Å². The van der Waals surface area contributed by atoms with Crippen molar-refractivity contribution in [2.24, 2.45) is 5.41 Å². The zero-order chi connectivity index (χ0) is 17.3. The molecule has 0 radical (unpaired) electrons. The number of hydrogen-bond acceptors (Lipinski definition) is 4. The second-order valence-corrected chi connectivity index (χ2v) is 12.2. The van der Waals surface area contributed by atoms with Gasteiger partial charge in [0.1, 0.15) is 0 Å². The summed E-state index contributed by atoms with van der Waals surface area (Å²) in [5.74, 6) is -0.937.